The summed E-state index contributed by atoms with van der Waals surface area (Å²) in [6.07, 6.45) is 1.31. The molecule has 1 fully saturated rings. The standard InChI is InChI=1S/C21H23Cl3N2O3S2/c22-16-6-8-17(9-7-16)31(28,29)26-11-2-3-15(13-26)21(27)25-10-12-30-14-18-19(23)4-1-5-20(18)24/h1,4-9,15H,2-3,10-14H2,(H,25,27)/t15-/m0/s1. The van der Waals surface area contributed by atoms with Crippen LogP contribution in [0.15, 0.2) is 47.4 Å². The molecule has 31 heavy (non-hydrogen) atoms. The second kappa shape index (κ2) is 11.3. The van der Waals surface area contributed by atoms with Gasteiger partial charge in [-0.15, -0.1) is 0 Å². The summed E-state index contributed by atoms with van der Waals surface area (Å²) in [7, 11) is -3.65. The molecule has 2 aromatic carbocycles. The van der Waals surface area contributed by atoms with E-state index in [1.54, 1.807) is 42.1 Å². The quantitative estimate of drug-likeness (QED) is 0.491. The summed E-state index contributed by atoms with van der Waals surface area (Å²) in [4.78, 5) is 12.8. The summed E-state index contributed by atoms with van der Waals surface area (Å²) in [5, 5.41) is 4.66. The van der Waals surface area contributed by atoms with Gasteiger partial charge in [0.15, 0.2) is 0 Å². The summed E-state index contributed by atoms with van der Waals surface area (Å²) >= 11 is 19.8. The molecule has 1 N–H and O–H groups in total. The second-order valence-corrected chi connectivity index (χ2v) is 11.5. The van der Waals surface area contributed by atoms with E-state index in [1.165, 1.54) is 16.4 Å². The molecule has 0 unspecified atom stereocenters. The van der Waals surface area contributed by atoms with Crippen molar-refractivity contribution in [1.82, 2.24) is 9.62 Å². The van der Waals surface area contributed by atoms with Crippen LogP contribution < -0.4 is 5.32 Å². The number of hydrogen-bond donors (Lipinski definition) is 1. The lowest BCUT2D eigenvalue weighted by atomic mass is 9.99. The fraction of sp³-hybridized carbons (Fsp3) is 0.381. The molecule has 2 aromatic rings. The van der Waals surface area contributed by atoms with Gasteiger partial charge in [0.05, 0.1) is 10.8 Å². The minimum atomic E-state index is -3.65. The van der Waals surface area contributed by atoms with E-state index in [2.05, 4.69) is 5.32 Å². The van der Waals surface area contributed by atoms with Gasteiger partial charge in [0, 0.05) is 46.2 Å². The Bertz CT molecular complexity index is 997. The fourth-order valence-electron chi connectivity index (χ4n) is 3.37. The molecule has 0 bridgehead atoms. The zero-order chi connectivity index (χ0) is 22.4. The van der Waals surface area contributed by atoms with Crippen LogP contribution in [-0.4, -0.2) is 44.0 Å². The topological polar surface area (TPSA) is 66.5 Å². The monoisotopic (exact) mass is 520 g/mol. The molecule has 1 aliphatic rings. The first kappa shape index (κ1) is 24.7. The average Bonchev–Trinajstić information content (AvgIpc) is 2.75. The Morgan fingerprint density at radius 2 is 1.77 bits per heavy atom. The maximum absolute atomic E-state index is 12.9. The van der Waals surface area contributed by atoms with Crippen molar-refractivity contribution in [2.45, 2.75) is 23.5 Å². The van der Waals surface area contributed by atoms with E-state index in [0.717, 1.165) is 5.56 Å². The van der Waals surface area contributed by atoms with Crippen molar-refractivity contribution in [3.63, 3.8) is 0 Å². The summed E-state index contributed by atoms with van der Waals surface area (Å²) in [6.45, 7) is 1.08. The maximum atomic E-state index is 12.9. The first-order chi connectivity index (χ1) is 14.8. The lowest BCUT2D eigenvalue weighted by Gasteiger charge is -2.31. The number of carbonyl (C=O) groups excluding carboxylic acids is 1. The van der Waals surface area contributed by atoms with Gasteiger partial charge in [0.1, 0.15) is 0 Å². The van der Waals surface area contributed by atoms with Crippen LogP contribution in [0.3, 0.4) is 0 Å². The van der Waals surface area contributed by atoms with Gasteiger partial charge < -0.3 is 5.32 Å². The molecule has 0 aliphatic carbocycles. The Morgan fingerprint density at radius 1 is 1.10 bits per heavy atom. The number of sulfonamides is 1. The van der Waals surface area contributed by atoms with Gasteiger partial charge in [-0.25, -0.2) is 8.42 Å². The van der Waals surface area contributed by atoms with Crippen molar-refractivity contribution in [3.05, 3.63) is 63.1 Å². The molecule has 0 aromatic heterocycles. The number of thioether (sulfide) groups is 1. The van der Waals surface area contributed by atoms with Crippen LogP contribution in [0.25, 0.3) is 0 Å². The van der Waals surface area contributed by atoms with E-state index in [4.69, 9.17) is 34.8 Å². The van der Waals surface area contributed by atoms with Crippen molar-refractivity contribution in [1.29, 1.82) is 0 Å². The van der Waals surface area contributed by atoms with Gasteiger partial charge in [-0.05, 0) is 54.8 Å². The van der Waals surface area contributed by atoms with E-state index >= 15 is 0 Å². The minimum absolute atomic E-state index is 0.118. The number of nitrogens with zero attached hydrogens (tertiary/aromatic N) is 1. The number of rotatable bonds is 8. The number of nitrogens with one attached hydrogen (secondary N) is 1. The summed E-state index contributed by atoms with van der Waals surface area (Å²) in [6, 6.07) is 11.5. The molecule has 10 heteroatoms. The van der Waals surface area contributed by atoms with E-state index in [-0.39, 0.29) is 23.3 Å². The highest BCUT2D eigenvalue weighted by atomic mass is 35.5. The van der Waals surface area contributed by atoms with Crippen LogP contribution in [0.2, 0.25) is 15.1 Å². The summed E-state index contributed by atoms with van der Waals surface area (Å²) < 4.78 is 27.2. The molecule has 1 heterocycles. The van der Waals surface area contributed by atoms with E-state index in [0.29, 0.717) is 52.5 Å². The predicted molar refractivity (Wildman–Crippen MR) is 129 cm³/mol. The van der Waals surface area contributed by atoms with E-state index in [9.17, 15) is 13.2 Å². The lowest BCUT2D eigenvalue weighted by molar-refractivity contribution is -0.125. The Kier molecular flexibility index (Phi) is 8.96. The van der Waals surface area contributed by atoms with E-state index < -0.39 is 10.0 Å². The molecule has 1 aliphatic heterocycles. The van der Waals surface area contributed by atoms with E-state index in [1.807, 2.05) is 0 Å². The molecule has 1 amide bonds. The summed E-state index contributed by atoms with van der Waals surface area (Å²) in [5.41, 5.74) is 0.887. The third-order valence-corrected chi connectivity index (χ3v) is 8.89. The van der Waals surface area contributed by atoms with Crippen molar-refractivity contribution in [2.24, 2.45) is 5.92 Å². The molecular weight excluding hydrogens is 499 g/mol. The number of amides is 1. The molecule has 3 rings (SSSR count). The highest BCUT2D eigenvalue weighted by Gasteiger charge is 2.33. The molecule has 5 nitrogen and oxygen atoms in total. The smallest absolute Gasteiger partial charge is 0.243 e. The predicted octanol–water partition coefficient (Wildman–Crippen LogP) is 5.10. The van der Waals surface area contributed by atoms with Gasteiger partial charge >= 0.3 is 0 Å². The molecule has 168 valence electrons. The number of halogens is 3. The largest absolute Gasteiger partial charge is 0.355 e. The van der Waals surface area contributed by atoms with Crippen LogP contribution in [0, 0.1) is 5.92 Å². The van der Waals surface area contributed by atoms with Crippen molar-refractivity contribution < 1.29 is 13.2 Å². The molecule has 0 radical (unpaired) electrons. The number of hydrogen-bond acceptors (Lipinski definition) is 4. The van der Waals surface area contributed by atoms with Crippen molar-refractivity contribution >= 4 is 62.5 Å². The molecule has 1 atom stereocenters. The molecular formula is C21H23Cl3N2O3S2. The zero-order valence-corrected chi connectivity index (χ0v) is 20.6. The second-order valence-electron chi connectivity index (χ2n) is 7.20. The van der Waals surface area contributed by atoms with Crippen molar-refractivity contribution in [2.75, 3.05) is 25.4 Å². The molecule has 0 spiro atoms. The van der Waals surface area contributed by atoms with Crippen molar-refractivity contribution in [3.8, 4) is 0 Å². The number of piperidine rings is 1. The van der Waals surface area contributed by atoms with Gasteiger partial charge in [-0.2, -0.15) is 16.1 Å². The first-order valence-electron chi connectivity index (χ1n) is 9.83. The van der Waals surface area contributed by atoms with Crippen LogP contribution in [0.5, 0.6) is 0 Å². The maximum Gasteiger partial charge on any atom is 0.243 e. The Hall–Kier alpha value is -0.960. The van der Waals surface area contributed by atoms with Gasteiger partial charge in [0.2, 0.25) is 15.9 Å². The Labute approximate surface area is 202 Å². The van der Waals surface area contributed by atoms with Crippen LogP contribution in [0.1, 0.15) is 18.4 Å². The highest BCUT2D eigenvalue weighted by molar-refractivity contribution is 7.98. The normalized spacial score (nSPS) is 17.5. The van der Waals surface area contributed by atoms with Crippen LogP contribution >= 0.6 is 46.6 Å². The molecule has 1 saturated heterocycles. The average molecular weight is 522 g/mol. The molecule has 0 saturated carbocycles. The Morgan fingerprint density at radius 3 is 2.45 bits per heavy atom. The summed E-state index contributed by atoms with van der Waals surface area (Å²) in [5.74, 6) is 0.878. The Balaban J connectivity index is 1.48. The SMILES string of the molecule is O=C(NCCSCc1c(Cl)cccc1Cl)[C@H]1CCCN(S(=O)(=O)c2ccc(Cl)cc2)C1. The minimum Gasteiger partial charge on any atom is -0.355 e. The fourth-order valence-corrected chi connectivity index (χ4v) is 6.61. The third kappa shape index (κ3) is 6.53. The number of benzene rings is 2. The van der Waals surface area contributed by atoms with Gasteiger partial charge in [0.25, 0.3) is 0 Å². The van der Waals surface area contributed by atoms with Crippen LogP contribution in [0.4, 0.5) is 0 Å². The highest BCUT2D eigenvalue weighted by Crippen LogP contribution is 2.28. The number of carbonyl (C=O) groups is 1. The zero-order valence-electron chi connectivity index (χ0n) is 16.7. The first-order valence-corrected chi connectivity index (χ1v) is 13.6. The third-order valence-electron chi connectivity index (χ3n) is 5.06. The van der Waals surface area contributed by atoms with Crippen LogP contribution in [-0.2, 0) is 20.6 Å². The van der Waals surface area contributed by atoms with Gasteiger partial charge in [-0.3, -0.25) is 4.79 Å². The lowest BCUT2D eigenvalue weighted by Crippen LogP contribution is -2.45. The van der Waals surface area contributed by atoms with Gasteiger partial charge in [-0.1, -0.05) is 40.9 Å².